The van der Waals surface area contributed by atoms with Crippen LogP contribution in [0, 0.1) is 5.82 Å². The molecule has 0 aliphatic rings. The van der Waals surface area contributed by atoms with Gasteiger partial charge in [0.15, 0.2) is 15.6 Å². The summed E-state index contributed by atoms with van der Waals surface area (Å²) in [7, 11) is -3.28. The van der Waals surface area contributed by atoms with Crippen molar-refractivity contribution in [3.63, 3.8) is 0 Å². The molecule has 0 spiro atoms. The van der Waals surface area contributed by atoms with Gasteiger partial charge in [-0.3, -0.25) is 4.79 Å². The fourth-order valence-electron chi connectivity index (χ4n) is 2.50. The first-order valence-corrected chi connectivity index (χ1v) is 11.4. The van der Waals surface area contributed by atoms with E-state index in [0.717, 1.165) is 5.56 Å². The molecule has 152 valence electrons. The molecule has 3 rings (SSSR count). The Kier molecular flexibility index (Phi) is 5.95. The van der Waals surface area contributed by atoms with Gasteiger partial charge in [0.2, 0.25) is 0 Å². The van der Waals surface area contributed by atoms with Crippen LogP contribution >= 0.6 is 11.3 Å². The van der Waals surface area contributed by atoms with Crippen molar-refractivity contribution < 1.29 is 17.6 Å². The van der Waals surface area contributed by atoms with Crippen LogP contribution in [-0.4, -0.2) is 29.1 Å². The number of sulfone groups is 1. The van der Waals surface area contributed by atoms with Crippen molar-refractivity contribution in [3.8, 4) is 10.6 Å². The number of halogens is 1. The highest BCUT2D eigenvalue weighted by Gasteiger charge is 2.29. The van der Waals surface area contributed by atoms with Crippen LogP contribution in [0.4, 0.5) is 4.39 Å². The number of hydrogen-bond acceptors (Lipinski definition) is 6. The number of nitrogens with zero attached hydrogens (tertiary/aromatic N) is 2. The Balaban J connectivity index is 1.68. The lowest BCUT2D eigenvalue weighted by Crippen LogP contribution is -2.29. The van der Waals surface area contributed by atoms with E-state index < -0.39 is 14.6 Å². The fourth-order valence-corrected chi connectivity index (χ4v) is 4.40. The van der Waals surface area contributed by atoms with Crippen molar-refractivity contribution in [1.29, 1.82) is 0 Å². The van der Waals surface area contributed by atoms with Crippen LogP contribution in [0.25, 0.3) is 10.6 Å². The Bertz CT molecular complexity index is 1110. The Labute approximate surface area is 173 Å². The molecular weight excluding hydrogens is 411 g/mol. The topological polar surface area (TPSA) is 77.0 Å². The van der Waals surface area contributed by atoms with Crippen molar-refractivity contribution in [2.45, 2.75) is 37.7 Å². The monoisotopic (exact) mass is 432 g/mol. The number of benzene rings is 2. The van der Waals surface area contributed by atoms with Gasteiger partial charge in [0, 0.05) is 11.1 Å². The summed E-state index contributed by atoms with van der Waals surface area (Å²) in [6.07, 6.45) is 0.0957. The van der Waals surface area contributed by atoms with Gasteiger partial charge in [-0.2, -0.15) is 0 Å². The van der Waals surface area contributed by atoms with Gasteiger partial charge < -0.3 is 0 Å². The van der Waals surface area contributed by atoms with E-state index in [1.165, 1.54) is 23.5 Å². The lowest BCUT2D eigenvalue weighted by Gasteiger charge is -2.19. The summed E-state index contributed by atoms with van der Waals surface area (Å²) in [4.78, 5) is 12.5. The standard InChI is InChI=1S/C21H21FN2O3S2/c1-21(2,3)29(26,27)13-14-4-6-15(7-5-14)18(25)12-19-23-24-20(28-19)16-8-10-17(22)11-9-16/h4-11H,12-13H2,1-3H3. The third-order valence-corrected chi connectivity index (χ3v) is 7.99. The number of Topliss-reactive ketones (excluding diaryl/α,β-unsaturated/α-hetero) is 1. The minimum absolute atomic E-state index is 0.0671. The van der Waals surface area contributed by atoms with Gasteiger partial charge in [-0.15, -0.1) is 10.2 Å². The van der Waals surface area contributed by atoms with Crippen LogP contribution in [-0.2, 0) is 22.0 Å². The highest BCUT2D eigenvalue weighted by molar-refractivity contribution is 7.91. The maximum Gasteiger partial charge on any atom is 0.169 e. The van der Waals surface area contributed by atoms with E-state index in [9.17, 15) is 17.6 Å². The number of carbonyl (C=O) groups is 1. The highest BCUT2D eigenvalue weighted by Crippen LogP contribution is 2.25. The van der Waals surface area contributed by atoms with Crippen molar-refractivity contribution in [3.05, 3.63) is 70.5 Å². The van der Waals surface area contributed by atoms with Gasteiger partial charge >= 0.3 is 0 Å². The van der Waals surface area contributed by atoms with Crippen LogP contribution in [0.1, 0.15) is 41.7 Å². The second-order valence-electron chi connectivity index (χ2n) is 7.68. The van der Waals surface area contributed by atoms with Gasteiger partial charge in [0.1, 0.15) is 15.8 Å². The molecular formula is C21H21FN2O3S2. The third kappa shape index (κ3) is 5.13. The van der Waals surface area contributed by atoms with E-state index >= 15 is 0 Å². The lowest BCUT2D eigenvalue weighted by molar-refractivity contribution is 0.0992. The number of aromatic nitrogens is 2. The average molecular weight is 433 g/mol. The maximum atomic E-state index is 13.0. The Morgan fingerprint density at radius 1 is 1.00 bits per heavy atom. The normalized spacial score (nSPS) is 12.1. The molecule has 0 atom stereocenters. The van der Waals surface area contributed by atoms with Crippen LogP contribution in [0.3, 0.4) is 0 Å². The Hall–Kier alpha value is -2.45. The second-order valence-corrected chi connectivity index (χ2v) is 11.5. The number of hydrogen-bond donors (Lipinski definition) is 0. The van der Waals surface area contributed by atoms with Crippen LogP contribution in [0.5, 0.6) is 0 Å². The third-order valence-electron chi connectivity index (χ3n) is 4.44. The molecule has 1 heterocycles. The summed E-state index contributed by atoms with van der Waals surface area (Å²) >= 11 is 1.28. The molecule has 8 heteroatoms. The molecule has 29 heavy (non-hydrogen) atoms. The van der Waals surface area contributed by atoms with Crippen LogP contribution in [0.15, 0.2) is 48.5 Å². The summed E-state index contributed by atoms with van der Waals surface area (Å²) < 4.78 is 36.8. The smallest absolute Gasteiger partial charge is 0.169 e. The van der Waals surface area contributed by atoms with E-state index in [-0.39, 0.29) is 23.8 Å². The zero-order valence-electron chi connectivity index (χ0n) is 16.3. The predicted molar refractivity (Wildman–Crippen MR) is 112 cm³/mol. The first-order valence-electron chi connectivity index (χ1n) is 8.98. The SMILES string of the molecule is CC(C)(C)S(=O)(=O)Cc1ccc(C(=O)Cc2nnc(-c3ccc(F)cc3)s2)cc1. The summed E-state index contributed by atoms with van der Waals surface area (Å²) in [5.74, 6) is -0.521. The van der Waals surface area contributed by atoms with Crippen LogP contribution < -0.4 is 0 Å². The molecule has 0 radical (unpaired) electrons. The van der Waals surface area contributed by atoms with Gasteiger partial charge in [-0.25, -0.2) is 12.8 Å². The molecule has 0 aliphatic heterocycles. The zero-order chi connectivity index (χ0) is 21.2. The molecule has 0 fully saturated rings. The van der Waals surface area contributed by atoms with Crippen molar-refractivity contribution in [2.24, 2.45) is 0 Å². The molecule has 1 aromatic heterocycles. The Morgan fingerprint density at radius 2 is 1.62 bits per heavy atom. The zero-order valence-corrected chi connectivity index (χ0v) is 18.0. The van der Waals surface area contributed by atoms with Gasteiger partial charge in [0.25, 0.3) is 0 Å². The molecule has 0 saturated heterocycles. The molecule has 0 aliphatic carbocycles. The van der Waals surface area contributed by atoms with E-state index in [0.29, 0.717) is 21.1 Å². The fraction of sp³-hybridized carbons (Fsp3) is 0.286. The largest absolute Gasteiger partial charge is 0.294 e. The minimum Gasteiger partial charge on any atom is -0.294 e. The highest BCUT2D eigenvalue weighted by atomic mass is 32.2. The second kappa shape index (κ2) is 8.12. The molecule has 0 unspecified atom stereocenters. The molecule has 0 N–H and O–H groups in total. The van der Waals surface area contributed by atoms with E-state index in [1.54, 1.807) is 57.2 Å². The summed E-state index contributed by atoms with van der Waals surface area (Å²) in [5.41, 5.74) is 1.87. The number of rotatable bonds is 6. The molecule has 0 bridgehead atoms. The minimum atomic E-state index is -3.28. The molecule has 0 saturated carbocycles. The van der Waals surface area contributed by atoms with Crippen molar-refractivity contribution >= 4 is 27.0 Å². The predicted octanol–water partition coefficient (Wildman–Crippen LogP) is 4.48. The van der Waals surface area contributed by atoms with Gasteiger partial charge in [0.05, 0.1) is 16.9 Å². The maximum absolute atomic E-state index is 13.0. The average Bonchev–Trinajstić information content (AvgIpc) is 3.10. The van der Waals surface area contributed by atoms with Crippen LogP contribution in [0.2, 0.25) is 0 Å². The lowest BCUT2D eigenvalue weighted by atomic mass is 10.1. The summed E-state index contributed by atoms with van der Waals surface area (Å²) in [6, 6.07) is 12.5. The molecule has 0 amide bonds. The van der Waals surface area contributed by atoms with Crippen molar-refractivity contribution in [1.82, 2.24) is 10.2 Å². The van der Waals surface area contributed by atoms with E-state index in [1.807, 2.05) is 0 Å². The van der Waals surface area contributed by atoms with E-state index in [4.69, 9.17) is 0 Å². The Morgan fingerprint density at radius 3 is 2.21 bits per heavy atom. The molecule has 3 aromatic rings. The summed E-state index contributed by atoms with van der Waals surface area (Å²) in [5, 5.41) is 9.30. The molecule has 5 nitrogen and oxygen atoms in total. The van der Waals surface area contributed by atoms with Gasteiger partial charge in [-0.05, 0) is 50.6 Å². The van der Waals surface area contributed by atoms with E-state index in [2.05, 4.69) is 10.2 Å². The molecule has 2 aromatic carbocycles. The first-order chi connectivity index (χ1) is 13.5. The first kappa shape index (κ1) is 21.3. The number of carbonyl (C=O) groups excluding carboxylic acids is 1. The van der Waals surface area contributed by atoms with Gasteiger partial charge in [-0.1, -0.05) is 35.6 Å². The van der Waals surface area contributed by atoms with Crippen molar-refractivity contribution in [2.75, 3.05) is 0 Å². The summed E-state index contributed by atoms with van der Waals surface area (Å²) in [6.45, 7) is 5.01. The quantitative estimate of drug-likeness (QED) is 0.537. The number of ketones is 1.